The summed E-state index contributed by atoms with van der Waals surface area (Å²) < 4.78 is 2.86. The highest BCUT2D eigenvalue weighted by Crippen LogP contribution is 2.31. The molecule has 6 heteroatoms. The Morgan fingerprint density at radius 1 is 1.21 bits per heavy atom. The van der Waals surface area contributed by atoms with E-state index in [2.05, 4.69) is 15.4 Å². The van der Waals surface area contributed by atoms with E-state index in [9.17, 15) is 4.79 Å². The monoisotopic (exact) mass is 336 g/mol. The Morgan fingerprint density at radius 3 is 2.79 bits per heavy atom. The van der Waals surface area contributed by atoms with Crippen LogP contribution in [-0.2, 0) is 7.05 Å². The molecule has 0 spiro atoms. The van der Waals surface area contributed by atoms with Crippen molar-refractivity contribution < 1.29 is 4.79 Å². The molecule has 0 bridgehead atoms. The largest absolute Gasteiger partial charge is 0.320 e. The van der Waals surface area contributed by atoms with Gasteiger partial charge in [-0.1, -0.05) is 18.2 Å². The van der Waals surface area contributed by atoms with Gasteiger partial charge in [0.15, 0.2) is 5.65 Å². The molecule has 4 aromatic rings. The number of nitrogens with zero attached hydrogens (tertiary/aromatic N) is 3. The second kappa shape index (κ2) is 5.42. The average molecular weight is 336 g/mol. The van der Waals surface area contributed by atoms with E-state index in [0.29, 0.717) is 5.69 Å². The number of carbonyl (C=O) groups excluding carboxylic acids is 1. The Kier molecular flexibility index (Phi) is 3.35. The lowest BCUT2D eigenvalue weighted by molar-refractivity contribution is 0.103. The molecule has 0 aliphatic heterocycles. The molecule has 0 unspecified atom stereocenters. The molecule has 0 aliphatic rings. The number of hydrogen-bond donors (Lipinski definition) is 1. The van der Waals surface area contributed by atoms with Gasteiger partial charge >= 0.3 is 0 Å². The smallest absolute Gasteiger partial charge is 0.266 e. The molecule has 0 saturated heterocycles. The number of pyridine rings is 1. The van der Waals surface area contributed by atoms with Crippen molar-refractivity contribution in [3.63, 3.8) is 0 Å². The number of carbonyl (C=O) groups is 1. The van der Waals surface area contributed by atoms with Gasteiger partial charge in [-0.25, -0.2) is 4.98 Å². The lowest BCUT2D eigenvalue weighted by atomic mass is 10.1. The van der Waals surface area contributed by atoms with Gasteiger partial charge in [0, 0.05) is 17.1 Å². The molecule has 0 fully saturated rings. The maximum Gasteiger partial charge on any atom is 0.266 e. The summed E-state index contributed by atoms with van der Waals surface area (Å²) in [5, 5.41) is 9.39. The predicted molar refractivity (Wildman–Crippen MR) is 97.8 cm³/mol. The topological polar surface area (TPSA) is 59.8 Å². The molecule has 0 atom stereocenters. The summed E-state index contributed by atoms with van der Waals surface area (Å²) in [4.78, 5) is 17.8. The van der Waals surface area contributed by atoms with Crippen molar-refractivity contribution in [2.24, 2.45) is 7.05 Å². The zero-order chi connectivity index (χ0) is 16.8. The van der Waals surface area contributed by atoms with Crippen LogP contribution in [0.15, 0.2) is 36.5 Å². The van der Waals surface area contributed by atoms with Crippen molar-refractivity contribution in [2.45, 2.75) is 13.8 Å². The minimum atomic E-state index is -0.101. The summed E-state index contributed by atoms with van der Waals surface area (Å²) >= 11 is 1.51. The number of anilines is 1. The second-order valence-corrected chi connectivity index (χ2v) is 6.86. The van der Waals surface area contributed by atoms with Crippen molar-refractivity contribution in [2.75, 3.05) is 5.32 Å². The van der Waals surface area contributed by atoms with Gasteiger partial charge in [0.25, 0.3) is 5.91 Å². The average Bonchev–Trinajstić information content (AvgIpc) is 3.05. The Morgan fingerprint density at radius 2 is 2.00 bits per heavy atom. The van der Waals surface area contributed by atoms with Crippen molar-refractivity contribution in [1.29, 1.82) is 0 Å². The molecule has 5 nitrogen and oxygen atoms in total. The number of thiophene rings is 1. The zero-order valence-corrected chi connectivity index (χ0v) is 14.4. The van der Waals surface area contributed by atoms with E-state index in [1.54, 1.807) is 10.9 Å². The molecule has 0 saturated carbocycles. The van der Waals surface area contributed by atoms with E-state index >= 15 is 0 Å². The zero-order valence-electron chi connectivity index (χ0n) is 13.6. The number of rotatable bonds is 2. The van der Waals surface area contributed by atoms with E-state index in [0.717, 1.165) is 37.3 Å². The summed E-state index contributed by atoms with van der Waals surface area (Å²) in [5.41, 5.74) is 3.40. The Bertz CT molecular complexity index is 1090. The highest BCUT2D eigenvalue weighted by atomic mass is 32.1. The molecule has 3 heterocycles. The first-order valence-corrected chi connectivity index (χ1v) is 8.45. The van der Waals surface area contributed by atoms with Crippen LogP contribution in [0.4, 0.5) is 5.69 Å². The summed E-state index contributed by atoms with van der Waals surface area (Å²) in [6.07, 6.45) is 1.67. The van der Waals surface area contributed by atoms with Gasteiger partial charge < -0.3 is 5.32 Å². The van der Waals surface area contributed by atoms with E-state index in [1.165, 1.54) is 11.3 Å². The van der Waals surface area contributed by atoms with Gasteiger partial charge in [-0.2, -0.15) is 5.10 Å². The summed E-state index contributed by atoms with van der Waals surface area (Å²) in [7, 11) is 1.86. The van der Waals surface area contributed by atoms with Gasteiger partial charge in [0.1, 0.15) is 0 Å². The third-order valence-electron chi connectivity index (χ3n) is 4.17. The third kappa shape index (κ3) is 2.27. The number of hydrogen-bond acceptors (Lipinski definition) is 4. The van der Waals surface area contributed by atoms with Crippen molar-refractivity contribution >= 4 is 44.1 Å². The molecular formula is C18H16N4OS. The lowest BCUT2D eigenvalue weighted by Crippen LogP contribution is -2.11. The van der Waals surface area contributed by atoms with E-state index < -0.39 is 0 Å². The highest BCUT2D eigenvalue weighted by Gasteiger charge is 2.16. The molecule has 24 heavy (non-hydrogen) atoms. The number of nitrogens with one attached hydrogen (secondary N) is 1. The fourth-order valence-corrected chi connectivity index (χ4v) is 4.06. The summed E-state index contributed by atoms with van der Waals surface area (Å²) in [6, 6.07) is 9.99. The normalized spacial score (nSPS) is 11.3. The number of amides is 1. The lowest BCUT2D eigenvalue weighted by Gasteiger charge is -2.04. The van der Waals surface area contributed by atoms with Crippen LogP contribution in [0.5, 0.6) is 0 Å². The van der Waals surface area contributed by atoms with Crippen LogP contribution in [-0.4, -0.2) is 20.7 Å². The Labute approximate surface area is 142 Å². The molecule has 1 N–H and O–H groups in total. The molecular weight excluding hydrogens is 320 g/mol. The van der Waals surface area contributed by atoms with E-state index in [1.807, 2.05) is 51.2 Å². The van der Waals surface area contributed by atoms with Crippen LogP contribution in [0.25, 0.3) is 21.1 Å². The van der Waals surface area contributed by atoms with Gasteiger partial charge in [-0.3, -0.25) is 9.48 Å². The molecule has 0 aliphatic carbocycles. The van der Waals surface area contributed by atoms with E-state index in [-0.39, 0.29) is 5.91 Å². The number of benzene rings is 1. The maximum atomic E-state index is 12.7. The minimum absolute atomic E-state index is 0.101. The summed E-state index contributed by atoms with van der Waals surface area (Å²) in [6.45, 7) is 3.92. The SMILES string of the molecule is Cc1c(C(=O)Nc2cnc3c(c2)c(C)nn3C)sc2ccccc12. The first-order valence-electron chi connectivity index (χ1n) is 7.63. The van der Waals surface area contributed by atoms with E-state index in [4.69, 9.17) is 0 Å². The van der Waals surface area contributed by atoms with Crippen LogP contribution < -0.4 is 5.32 Å². The number of fused-ring (bicyclic) bond motifs is 2. The van der Waals surface area contributed by atoms with Crippen LogP contribution in [0, 0.1) is 13.8 Å². The van der Waals surface area contributed by atoms with Crippen LogP contribution >= 0.6 is 11.3 Å². The van der Waals surface area contributed by atoms with Crippen LogP contribution in [0.3, 0.4) is 0 Å². The fraction of sp³-hybridized carbons (Fsp3) is 0.167. The molecule has 120 valence electrons. The van der Waals surface area contributed by atoms with Crippen molar-refractivity contribution in [3.8, 4) is 0 Å². The van der Waals surface area contributed by atoms with Crippen molar-refractivity contribution in [3.05, 3.63) is 52.7 Å². The third-order valence-corrected chi connectivity index (χ3v) is 5.44. The molecule has 3 aromatic heterocycles. The van der Waals surface area contributed by atoms with Crippen LogP contribution in [0.2, 0.25) is 0 Å². The van der Waals surface area contributed by atoms with Gasteiger partial charge in [-0.15, -0.1) is 11.3 Å². The Balaban J connectivity index is 1.70. The van der Waals surface area contributed by atoms with Crippen molar-refractivity contribution in [1.82, 2.24) is 14.8 Å². The minimum Gasteiger partial charge on any atom is -0.320 e. The van der Waals surface area contributed by atoms with Gasteiger partial charge in [0.05, 0.1) is 22.5 Å². The quantitative estimate of drug-likeness (QED) is 0.601. The van der Waals surface area contributed by atoms with Crippen LogP contribution in [0.1, 0.15) is 20.9 Å². The molecule has 1 amide bonds. The number of aromatic nitrogens is 3. The van der Waals surface area contributed by atoms with Gasteiger partial charge in [-0.05, 0) is 36.9 Å². The predicted octanol–water partition coefficient (Wildman–Crippen LogP) is 4.05. The maximum absolute atomic E-state index is 12.7. The fourth-order valence-electron chi connectivity index (χ4n) is 2.96. The first kappa shape index (κ1) is 14.8. The summed E-state index contributed by atoms with van der Waals surface area (Å²) in [5.74, 6) is -0.101. The molecule has 4 rings (SSSR count). The Hall–Kier alpha value is -2.73. The standard InChI is InChI=1S/C18H16N4OS/c1-10-13-6-4-5-7-15(13)24-16(10)18(23)20-12-8-14-11(2)21-22(3)17(14)19-9-12/h4-9H,1-3H3,(H,20,23). The van der Waals surface area contributed by atoms with Gasteiger partial charge in [0.2, 0.25) is 0 Å². The molecule has 0 radical (unpaired) electrons. The first-order chi connectivity index (χ1) is 11.5. The highest BCUT2D eigenvalue weighted by molar-refractivity contribution is 7.21. The molecule has 1 aromatic carbocycles. The second-order valence-electron chi connectivity index (χ2n) is 5.81. The number of aryl methyl sites for hydroxylation is 3.